The highest BCUT2D eigenvalue weighted by atomic mass is 16.6. The summed E-state index contributed by atoms with van der Waals surface area (Å²) in [5, 5.41) is 0. The molecule has 0 aromatic heterocycles. The molecule has 0 saturated heterocycles. The van der Waals surface area contributed by atoms with E-state index in [-0.39, 0.29) is 31.1 Å². The van der Waals surface area contributed by atoms with Crippen LogP contribution in [-0.2, 0) is 28.6 Å². The number of allylic oxidation sites excluding steroid dienone is 14. The van der Waals surface area contributed by atoms with Gasteiger partial charge in [-0.2, -0.15) is 0 Å². The Labute approximate surface area is 369 Å². The van der Waals surface area contributed by atoms with Crippen molar-refractivity contribution in [1.82, 2.24) is 0 Å². The Morgan fingerprint density at radius 1 is 0.333 bits per heavy atom. The topological polar surface area (TPSA) is 78.9 Å². The standard InChI is InChI=1S/C54H90O6/c1-4-7-10-13-16-19-22-24-25-26-27-28-30-32-35-38-41-44-47-53(56)59-50-51(49-58-52(55)46-43-40-37-34-31-21-18-15-12-9-6-3)60-54(57)48-45-42-39-36-33-29-23-20-17-14-11-8-5-2/h10,13,15-16,18-19,22,24-29,33,51H,4-9,11-12,14,17,20-21,23,30-32,34-50H2,1-3H3/b13-10-,18-15-,19-16-,24-22-,26-25-,28-27-,33-29-. The third-order valence-corrected chi connectivity index (χ3v) is 10.2. The number of carbonyl (C=O) groups is 3. The van der Waals surface area contributed by atoms with E-state index < -0.39 is 6.10 Å². The molecule has 0 aliphatic carbocycles. The third kappa shape index (κ3) is 45.7. The van der Waals surface area contributed by atoms with Gasteiger partial charge in [-0.1, -0.05) is 202 Å². The number of rotatable bonds is 43. The molecule has 0 aliphatic rings. The zero-order valence-electron chi connectivity index (χ0n) is 38.9. The summed E-state index contributed by atoms with van der Waals surface area (Å²) in [6.45, 7) is 6.45. The molecule has 0 bridgehead atoms. The van der Waals surface area contributed by atoms with Crippen LogP contribution in [0.2, 0.25) is 0 Å². The van der Waals surface area contributed by atoms with Crippen molar-refractivity contribution in [2.75, 3.05) is 13.2 Å². The number of hydrogen-bond donors (Lipinski definition) is 0. The van der Waals surface area contributed by atoms with Gasteiger partial charge in [0.05, 0.1) is 0 Å². The Bertz CT molecular complexity index is 1190. The predicted octanol–water partition coefficient (Wildman–Crippen LogP) is 16.0. The first-order chi connectivity index (χ1) is 29.5. The van der Waals surface area contributed by atoms with Crippen LogP contribution in [0.3, 0.4) is 0 Å². The summed E-state index contributed by atoms with van der Waals surface area (Å²) in [6.07, 6.45) is 61.3. The fourth-order valence-electron chi connectivity index (χ4n) is 6.45. The molecular weight excluding hydrogens is 745 g/mol. The molecule has 0 fully saturated rings. The van der Waals surface area contributed by atoms with Crippen LogP contribution in [-0.4, -0.2) is 37.2 Å². The van der Waals surface area contributed by atoms with Crippen molar-refractivity contribution >= 4 is 17.9 Å². The highest BCUT2D eigenvalue weighted by Gasteiger charge is 2.19. The first kappa shape index (κ1) is 56.6. The summed E-state index contributed by atoms with van der Waals surface area (Å²) in [4.78, 5) is 37.9. The van der Waals surface area contributed by atoms with E-state index in [4.69, 9.17) is 14.2 Å². The lowest BCUT2D eigenvalue weighted by molar-refractivity contribution is -0.167. The van der Waals surface area contributed by atoms with Crippen molar-refractivity contribution in [1.29, 1.82) is 0 Å². The number of unbranched alkanes of at least 4 members (excludes halogenated alkanes) is 22. The Morgan fingerprint density at radius 3 is 1.12 bits per heavy atom. The van der Waals surface area contributed by atoms with Crippen LogP contribution < -0.4 is 0 Å². The summed E-state index contributed by atoms with van der Waals surface area (Å²) >= 11 is 0. The second-order valence-electron chi connectivity index (χ2n) is 16.1. The van der Waals surface area contributed by atoms with Crippen molar-refractivity contribution in [3.63, 3.8) is 0 Å². The molecule has 0 aromatic carbocycles. The Kier molecular flexibility index (Phi) is 45.5. The molecule has 1 atom stereocenters. The summed E-state index contributed by atoms with van der Waals surface area (Å²) in [5.41, 5.74) is 0. The van der Waals surface area contributed by atoms with Gasteiger partial charge < -0.3 is 14.2 Å². The number of hydrogen-bond acceptors (Lipinski definition) is 6. The number of carbonyl (C=O) groups excluding carboxylic acids is 3. The van der Waals surface area contributed by atoms with E-state index >= 15 is 0 Å². The van der Waals surface area contributed by atoms with Gasteiger partial charge in [-0.05, 0) is 83.5 Å². The molecule has 0 aromatic rings. The maximum atomic E-state index is 12.7. The number of esters is 3. The van der Waals surface area contributed by atoms with Crippen LogP contribution in [0.1, 0.15) is 220 Å². The largest absolute Gasteiger partial charge is 0.462 e. The van der Waals surface area contributed by atoms with Gasteiger partial charge in [0.2, 0.25) is 0 Å². The second kappa shape index (κ2) is 48.3. The van der Waals surface area contributed by atoms with Crippen molar-refractivity contribution < 1.29 is 28.6 Å². The lowest BCUT2D eigenvalue weighted by Crippen LogP contribution is -2.30. The van der Waals surface area contributed by atoms with Crippen LogP contribution in [0.4, 0.5) is 0 Å². The highest BCUT2D eigenvalue weighted by molar-refractivity contribution is 5.71. The average Bonchev–Trinajstić information content (AvgIpc) is 3.24. The van der Waals surface area contributed by atoms with Gasteiger partial charge in [0.1, 0.15) is 13.2 Å². The van der Waals surface area contributed by atoms with Crippen molar-refractivity contribution in [2.24, 2.45) is 0 Å². The van der Waals surface area contributed by atoms with Gasteiger partial charge in [0.25, 0.3) is 0 Å². The van der Waals surface area contributed by atoms with Gasteiger partial charge in [0.15, 0.2) is 6.10 Å². The molecule has 0 rings (SSSR count). The minimum atomic E-state index is -0.797. The summed E-state index contributed by atoms with van der Waals surface area (Å²) < 4.78 is 16.7. The van der Waals surface area contributed by atoms with Crippen LogP contribution in [0, 0.1) is 0 Å². The predicted molar refractivity (Wildman–Crippen MR) is 256 cm³/mol. The summed E-state index contributed by atoms with van der Waals surface area (Å²) in [7, 11) is 0. The van der Waals surface area contributed by atoms with Gasteiger partial charge in [-0.15, -0.1) is 0 Å². The highest BCUT2D eigenvalue weighted by Crippen LogP contribution is 2.13. The van der Waals surface area contributed by atoms with Crippen LogP contribution >= 0.6 is 0 Å². The van der Waals surface area contributed by atoms with Crippen LogP contribution in [0.15, 0.2) is 85.1 Å². The zero-order chi connectivity index (χ0) is 43.7. The second-order valence-corrected chi connectivity index (χ2v) is 16.1. The van der Waals surface area contributed by atoms with Crippen LogP contribution in [0.5, 0.6) is 0 Å². The minimum Gasteiger partial charge on any atom is -0.462 e. The molecule has 0 amide bonds. The van der Waals surface area contributed by atoms with E-state index in [1.54, 1.807) is 0 Å². The zero-order valence-corrected chi connectivity index (χ0v) is 38.9. The smallest absolute Gasteiger partial charge is 0.306 e. The number of ether oxygens (including phenoxy) is 3. The molecule has 0 N–H and O–H groups in total. The molecule has 6 nitrogen and oxygen atoms in total. The Morgan fingerprint density at radius 2 is 0.667 bits per heavy atom. The fraction of sp³-hybridized carbons (Fsp3) is 0.685. The average molecular weight is 835 g/mol. The SMILES string of the molecule is CCC\C=C/C=C\C=C/C=C\C=C/CCCCCCCC(=O)OCC(COC(=O)CCCCCCC/C=C\CCCC)OC(=O)CCCCC/C=C\CCCCCCCC. The molecule has 342 valence electrons. The monoisotopic (exact) mass is 835 g/mol. The van der Waals surface area contributed by atoms with Crippen molar-refractivity contribution in [3.05, 3.63) is 85.1 Å². The van der Waals surface area contributed by atoms with E-state index in [0.717, 1.165) is 109 Å². The maximum absolute atomic E-state index is 12.7. The van der Waals surface area contributed by atoms with E-state index in [9.17, 15) is 14.4 Å². The molecule has 0 saturated carbocycles. The van der Waals surface area contributed by atoms with Gasteiger partial charge in [-0.3, -0.25) is 14.4 Å². The molecule has 0 heterocycles. The quantitative estimate of drug-likeness (QED) is 0.0200. The Balaban J connectivity index is 4.46. The molecule has 0 spiro atoms. The lowest BCUT2D eigenvalue weighted by Gasteiger charge is -2.18. The van der Waals surface area contributed by atoms with Crippen molar-refractivity contribution in [2.45, 2.75) is 226 Å². The van der Waals surface area contributed by atoms with E-state index in [0.29, 0.717) is 19.3 Å². The van der Waals surface area contributed by atoms with E-state index in [1.165, 1.54) is 70.6 Å². The molecule has 1 unspecified atom stereocenters. The third-order valence-electron chi connectivity index (χ3n) is 10.2. The Hall–Kier alpha value is -3.41. The lowest BCUT2D eigenvalue weighted by atomic mass is 10.1. The van der Waals surface area contributed by atoms with E-state index in [2.05, 4.69) is 81.5 Å². The van der Waals surface area contributed by atoms with Crippen molar-refractivity contribution in [3.8, 4) is 0 Å². The molecule has 6 heteroatoms. The molecule has 60 heavy (non-hydrogen) atoms. The fourth-order valence-corrected chi connectivity index (χ4v) is 6.45. The molecule has 0 radical (unpaired) electrons. The first-order valence-corrected chi connectivity index (χ1v) is 24.7. The summed E-state index contributed by atoms with van der Waals surface area (Å²) in [5.74, 6) is -0.951. The molecule has 0 aliphatic heterocycles. The van der Waals surface area contributed by atoms with Gasteiger partial charge >= 0.3 is 17.9 Å². The van der Waals surface area contributed by atoms with Crippen LogP contribution in [0.25, 0.3) is 0 Å². The molecular formula is C54H90O6. The van der Waals surface area contributed by atoms with Gasteiger partial charge in [-0.25, -0.2) is 0 Å². The van der Waals surface area contributed by atoms with E-state index in [1.807, 2.05) is 24.3 Å². The first-order valence-electron chi connectivity index (χ1n) is 24.7. The van der Waals surface area contributed by atoms with Gasteiger partial charge in [0, 0.05) is 19.3 Å². The normalized spacial score (nSPS) is 12.8. The minimum absolute atomic E-state index is 0.0963. The maximum Gasteiger partial charge on any atom is 0.306 e. The summed E-state index contributed by atoms with van der Waals surface area (Å²) in [6, 6.07) is 0.